The number of benzene rings is 16. The van der Waals surface area contributed by atoms with Gasteiger partial charge in [0.15, 0.2) is 0 Å². The highest BCUT2D eigenvalue weighted by atomic mass is 79.9. The smallest absolute Gasteiger partial charge is 0.125 e. The highest BCUT2D eigenvalue weighted by Gasteiger charge is 2.26. The van der Waals surface area contributed by atoms with Crippen molar-refractivity contribution in [1.82, 2.24) is 120 Å². The van der Waals surface area contributed by atoms with Crippen LogP contribution >= 0.6 is 82.6 Å². The highest BCUT2D eigenvalue weighted by Crippen LogP contribution is 2.41. The van der Waals surface area contributed by atoms with Gasteiger partial charge in [0.2, 0.25) is 0 Å². The van der Waals surface area contributed by atoms with Crippen molar-refractivity contribution in [3.05, 3.63) is 283 Å². The Hall–Kier alpha value is -15.2. The normalized spacial score (nSPS) is 12.1. The molecule has 0 aliphatic heterocycles. The Morgan fingerprint density at radius 2 is 0.264 bits per heavy atom. The summed E-state index contributed by atoms with van der Waals surface area (Å²) in [7, 11) is 0. The van der Waals surface area contributed by atoms with Gasteiger partial charge in [0.25, 0.3) is 0 Å². The number of para-hydroxylation sites is 6. The van der Waals surface area contributed by atoms with Crippen LogP contribution in [0, 0.1) is 17.5 Å². The Balaban J connectivity index is 0.0000000931. The van der Waals surface area contributed by atoms with Gasteiger partial charge in [-0.15, -0.1) is 0 Å². The molecular formula is C96H39Br3Cl3F3N24. The van der Waals surface area contributed by atoms with E-state index in [2.05, 4.69) is 77.7 Å². The number of hydrogen-bond acceptors (Lipinski definition) is 24. The fourth-order valence-corrected chi connectivity index (χ4v) is 17.8. The minimum atomic E-state index is -0.450. The number of rotatable bonds is 0. The van der Waals surface area contributed by atoms with E-state index in [-0.39, 0.29) is 0 Å². The van der Waals surface area contributed by atoms with Crippen molar-refractivity contribution in [2.24, 2.45) is 0 Å². The van der Waals surface area contributed by atoms with Gasteiger partial charge in [0.05, 0.1) is 132 Å². The van der Waals surface area contributed by atoms with Gasteiger partial charge in [-0.05, 0) is 182 Å². The fraction of sp³-hybridized carbons (Fsp3) is 0. The quantitative estimate of drug-likeness (QED) is 0.101. The van der Waals surface area contributed by atoms with Gasteiger partial charge < -0.3 is 0 Å². The van der Waals surface area contributed by atoms with E-state index in [1.807, 2.05) is 146 Å². The molecule has 0 fully saturated rings. The number of fused-ring (bicyclic) bond motifs is 36. The van der Waals surface area contributed by atoms with Crippen LogP contribution in [0.15, 0.2) is 250 Å². The average Bonchev–Trinajstić information content (AvgIpc) is 0.734. The first-order valence-corrected chi connectivity index (χ1v) is 43.1. The van der Waals surface area contributed by atoms with Crippen LogP contribution in [0.5, 0.6) is 0 Å². The molecule has 16 aromatic carbocycles. The van der Waals surface area contributed by atoms with Gasteiger partial charge in [0, 0.05) is 46.7 Å². The van der Waals surface area contributed by atoms with Crippen LogP contribution in [-0.2, 0) is 0 Å². The fourth-order valence-electron chi connectivity index (χ4n) is 16.2. The summed E-state index contributed by atoms with van der Waals surface area (Å²) in [6.07, 6.45) is 0. The zero-order chi connectivity index (χ0) is 86.5. The molecule has 0 saturated carbocycles. The van der Waals surface area contributed by atoms with Gasteiger partial charge in [-0.3, -0.25) is 0 Å². The van der Waals surface area contributed by atoms with E-state index in [1.54, 1.807) is 36.4 Å². The maximum absolute atomic E-state index is 13.9. The van der Waals surface area contributed by atoms with Crippen molar-refractivity contribution < 1.29 is 13.2 Å². The number of halogens is 9. The maximum atomic E-state index is 13.9. The van der Waals surface area contributed by atoms with Gasteiger partial charge in [-0.25, -0.2) is 133 Å². The van der Waals surface area contributed by atoms with Crippen LogP contribution in [0.2, 0.25) is 15.1 Å². The summed E-state index contributed by atoms with van der Waals surface area (Å²) in [6.45, 7) is 0. The van der Waals surface area contributed by atoms with Crippen molar-refractivity contribution >= 4 is 347 Å². The molecule has 0 spiro atoms. The van der Waals surface area contributed by atoms with Crippen LogP contribution in [0.4, 0.5) is 13.2 Å². The number of hydrogen-bond donors (Lipinski definition) is 0. The molecule has 0 saturated heterocycles. The molecule has 0 bridgehead atoms. The lowest BCUT2D eigenvalue weighted by Crippen LogP contribution is -1.99. The molecular weight excluding hydrogens is 1890 g/mol. The van der Waals surface area contributed by atoms with Crippen LogP contribution in [0.3, 0.4) is 0 Å². The molecule has 33 heteroatoms. The summed E-state index contributed by atoms with van der Waals surface area (Å²) < 4.78 is 44.4. The third kappa shape index (κ3) is 13.0. The molecule has 606 valence electrons. The molecule has 0 aliphatic rings. The van der Waals surface area contributed by atoms with Gasteiger partial charge in [-0.2, -0.15) is 0 Å². The SMILES string of the molecule is Brc1ccc2nc3c4nc5cc(Br)ccc5nc4c4nc5cc(Br)ccc5nc4c3nc2c1.Clc1ccc2nc3c4nc5cc(Cl)ccc5nc4c4nc5cc(Cl)ccc5nc4c3nc2c1.Fc1ccc2nc3c4nc5cc(F)ccc5nc4c4nc5cc(F)ccc5nc4c3nc2c1.c1ccc2nc3c(nc2c1)c1nc2ccccc2nc1c1nc2ccccc2nc31. The third-order valence-corrected chi connectivity index (χ3v) is 24.2. The largest absolute Gasteiger partial charge is 0.242 e. The second-order valence-corrected chi connectivity index (χ2v) is 34.3. The molecule has 0 N–H and O–H groups in total. The lowest BCUT2D eigenvalue weighted by atomic mass is 10.1. The monoisotopic (exact) mass is 1930 g/mol. The van der Waals surface area contributed by atoms with Crippen LogP contribution in [-0.4, -0.2) is 120 Å². The molecule has 0 aliphatic carbocycles. The summed E-state index contributed by atoms with van der Waals surface area (Å²) in [5, 5.41) is 1.73. The predicted octanol–water partition coefficient (Wildman–Crippen LogP) is 24.6. The Kier molecular flexibility index (Phi) is 17.4. The van der Waals surface area contributed by atoms with Gasteiger partial charge >= 0.3 is 0 Å². The van der Waals surface area contributed by atoms with Gasteiger partial charge in [-0.1, -0.05) is 119 Å². The predicted molar refractivity (Wildman–Crippen MR) is 511 cm³/mol. The van der Waals surface area contributed by atoms with E-state index in [0.717, 1.165) is 79.6 Å². The minimum Gasteiger partial charge on any atom is -0.242 e. The Morgan fingerprint density at radius 1 is 0.140 bits per heavy atom. The molecule has 24 nitrogen and oxygen atoms in total. The van der Waals surface area contributed by atoms with E-state index in [9.17, 15) is 13.2 Å². The van der Waals surface area contributed by atoms with Crippen molar-refractivity contribution in [2.45, 2.75) is 0 Å². The van der Waals surface area contributed by atoms with E-state index in [0.29, 0.717) is 214 Å². The first-order chi connectivity index (χ1) is 62.9. The summed E-state index contributed by atoms with van der Waals surface area (Å²) in [5.41, 5.74) is 29.8. The lowest BCUT2D eigenvalue weighted by molar-refractivity contribution is 0.629. The average molecular weight is 1930 g/mol. The topological polar surface area (TPSA) is 309 Å². The molecule has 0 unspecified atom stereocenters. The molecule has 0 atom stereocenters. The van der Waals surface area contributed by atoms with E-state index in [4.69, 9.17) is 125 Å². The van der Waals surface area contributed by atoms with Gasteiger partial charge in [0.1, 0.15) is 150 Å². The maximum Gasteiger partial charge on any atom is 0.125 e. The first kappa shape index (κ1) is 76.3. The zero-order valence-electron chi connectivity index (χ0n) is 65.2. The molecule has 12 heterocycles. The molecule has 0 amide bonds. The van der Waals surface area contributed by atoms with Crippen LogP contribution in [0.1, 0.15) is 0 Å². The summed E-state index contributed by atoms with van der Waals surface area (Å²) >= 11 is 29.2. The zero-order valence-corrected chi connectivity index (χ0v) is 72.2. The summed E-state index contributed by atoms with van der Waals surface area (Å²) in [5.74, 6) is -1.35. The van der Waals surface area contributed by atoms with Crippen molar-refractivity contribution in [3.63, 3.8) is 0 Å². The minimum absolute atomic E-state index is 0.337. The molecule has 129 heavy (non-hydrogen) atoms. The molecule has 0 radical (unpaired) electrons. The first-order valence-electron chi connectivity index (χ1n) is 39.6. The van der Waals surface area contributed by atoms with E-state index < -0.39 is 17.5 Å². The Labute approximate surface area is 756 Å². The standard InChI is InChI=1S/C24H9Br3N6.C24H9Cl3N6.C24H9F3N6.C24H12N6/c3*25-10-1-4-13-16(7-10)31-22-19(28-13)23-21(30-14-5-2-11(26)8-17(14)32-23)24-20(22)29-15-6-3-12(27)9-18(15)33-24;1-2-8-14-13(7-1)25-19-20(26-14)22-24(30-18-12-6-5-11-17(18)28-22)23-21(19)27-15-9-3-4-10-16(15)29-23/h3*1-9H;1-12H. The molecule has 12 aromatic heterocycles. The van der Waals surface area contributed by atoms with E-state index in [1.165, 1.54) is 54.6 Å². The lowest BCUT2D eigenvalue weighted by Gasteiger charge is -2.10. The molecule has 28 aromatic rings. The van der Waals surface area contributed by atoms with Crippen molar-refractivity contribution in [2.75, 3.05) is 0 Å². The van der Waals surface area contributed by atoms with Crippen LogP contribution in [0.25, 0.3) is 265 Å². The Morgan fingerprint density at radius 3 is 0.434 bits per heavy atom. The number of nitrogens with zero attached hydrogens (tertiary/aromatic N) is 24. The second-order valence-electron chi connectivity index (χ2n) is 30.2. The summed E-state index contributed by atoms with van der Waals surface area (Å²) in [4.78, 5) is 116. The van der Waals surface area contributed by atoms with Crippen molar-refractivity contribution in [1.29, 1.82) is 0 Å². The second kappa shape index (κ2) is 29.5. The van der Waals surface area contributed by atoms with E-state index >= 15 is 0 Å². The Bertz CT molecular complexity index is 8180. The van der Waals surface area contributed by atoms with Crippen LogP contribution < -0.4 is 0 Å². The summed E-state index contributed by atoms with van der Waals surface area (Å²) in [6, 6.07) is 69.5. The van der Waals surface area contributed by atoms with Crippen molar-refractivity contribution in [3.8, 4) is 0 Å². The third-order valence-electron chi connectivity index (χ3n) is 22.0. The molecule has 28 rings (SSSR count). The highest BCUT2D eigenvalue weighted by molar-refractivity contribution is 9.11. The number of aromatic nitrogens is 24.